The van der Waals surface area contributed by atoms with Crippen molar-refractivity contribution in [2.45, 2.75) is 45.2 Å². The Labute approximate surface area is 188 Å². The topological polar surface area (TPSA) is 24.9 Å². The SMILES string of the molecule is CCOc1ccccc1CN(CCOC)C[C@@H]1CCCN(C2Cc3ccccc3C2)C1. The van der Waals surface area contributed by atoms with Crippen molar-refractivity contribution >= 4 is 0 Å². The van der Waals surface area contributed by atoms with Crippen molar-refractivity contribution in [1.29, 1.82) is 0 Å². The van der Waals surface area contributed by atoms with Gasteiger partial charge in [-0.3, -0.25) is 9.80 Å². The van der Waals surface area contributed by atoms with Crippen LogP contribution in [0.4, 0.5) is 0 Å². The van der Waals surface area contributed by atoms with Crippen LogP contribution in [0.1, 0.15) is 36.5 Å². The fourth-order valence-electron chi connectivity index (χ4n) is 5.36. The molecule has 1 aliphatic carbocycles. The lowest BCUT2D eigenvalue weighted by Gasteiger charge is -2.39. The first-order valence-electron chi connectivity index (χ1n) is 12.0. The van der Waals surface area contributed by atoms with E-state index in [1.807, 2.05) is 0 Å². The Morgan fingerprint density at radius 2 is 1.77 bits per heavy atom. The van der Waals surface area contributed by atoms with Gasteiger partial charge in [0.15, 0.2) is 0 Å². The molecular weight excluding hydrogens is 384 g/mol. The van der Waals surface area contributed by atoms with Gasteiger partial charge in [-0.05, 0) is 62.3 Å². The minimum atomic E-state index is 0.686. The highest BCUT2D eigenvalue weighted by Gasteiger charge is 2.31. The summed E-state index contributed by atoms with van der Waals surface area (Å²) in [6.45, 7) is 9.00. The molecule has 0 radical (unpaired) electrons. The van der Waals surface area contributed by atoms with Gasteiger partial charge in [0.2, 0.25) is 0 Å². The Bertz CT molecular complexity index is 799. The quantitative estimate of drug-likeness (QED) is 0.566. The zero-order valence-corrected chi connectivity index (χ0v) is 19.3. The maximum absolute atomic E-state index is 5.88. The van der Waals surface area contributed by atoms with E-state index in [0.717, 1.165) is 32.0 Å². The van der Waals surface area contributed by atoms with Crippen LogP contribution in [0.3, 0.4) is 0 Å². The van der Waals surface area contributed by atoms with Gasteiger partial charge < -0.3 is 9.47 Å². The molecule has 31 heavy (non-hydrogen) atoms. The number of rotatable bonds is 10. The molecule has 0 bridgehead atoms. The van der Waals surface area contributed by atoms with Crippen molar-refractivity contribution in [1.82, 2.24) is 9.80 Å². The van der Waals surface area contributed by atoms with Gasteiger partial charge in [0.25, 0.3) is 0 Å². The first-order valence-corrected chi connectivity index (χ1v) is 12.0. The molecule has 0 aromatic heterocycles. The van der Waals surface area contributed by atoms with Crippen LogP contribution in [0.5, 0.6) is 5.75 Å². The average molecular weight is 423 g/mol. The molecule has 4 nitrogen and oxygen atoms in total. The van der Waals surface area contributed by atoms with Crippen LogP contribution in [0, 0.1) is 5.92 Å². The van der Waals surface area contributed by atoms with Crippen LogP contribution < -0.4 is 4.74 Å². The van der Waals surface area contributed by atoms with Crippen LogP contribution in [-0.2, 0) is 24.1 Å². The smallest absolute Gasteiger partial charge is 0.123 e. The van der Waals surface area contributed by atoms with Crippen molar-refractivity contribution in [3.63, 3.8) is 0 Å². The highest BCUT2D eigenvalue weighted by molar-refractivity contribution is 5.34. The van der Waals surface area contributed by atoms with E-state index in [0.29, 0.717) is 18.6 Å². The van der Waals surface area contributed by atoms with Crippen LogP contribution in [0.15, 0.2) is 48.5 Å². The monoisotopic (exact) mass is 422 g/mol. The number of likely N-dealkylation sites (tertiary alicyclic amines) is 1. The number of hydrogen-bond acceptors (Lipinski definition) is 4. The summed E-state index contributed by atoms with van der Waals surface area (Å²) in [6.07, 6.45) is 5.08. The van der Waals surface area contributed by atoms with Gasteiger partial charge in [-0.1, -0.05) is 42.5 Å². The average Bonchev–Trinajstić information content (AvgIpc) is 3.24. The van der Waals surface area contributed by atoms with Crippen LogP contribution in [-0.4, -0.2) is 62.3 Å². The minimum absolute atomic E-state index is 0.686. The molecule has 1 aliphatic heterocycles. The summed E-state index contributed by atoms with van der Waals surface area (Å²) in [5.41, 5.74) is 4.40. The number of hydrogen-bond donors (Lipinski definition) is 0. The lowest BCUT2D eigenvalue weighted by Crippen LogP contribution is -2.46. The van der Waals surface area contributed by atoms with Crippen molar-refractivity contribution < 1.29 is 9.47 Å². The van der Waals surface area contributed by atoms with E-state index in [9.17, 15) is 0 Å². The van der Waals surface area contributed by atoms with Crippen LogP contribution >= 0.6 is 0 Å². The van der Waals surface area contributed by atoms with Crippen molar-refractivity contribution in [3.05, 3.63) is 65.2 Å². The van der Waals surface area contributed by atoms with Gasteiger partial charge in [-0.15, -0.1) is 0 Å². The summed E-state index contributed by atoms with van der Waals surface area (Å²) < 4.78 is 11.3. The molecule has 4 heteroatoms. The molecule has 1 atom stereocenters. The molecule has 0 amide bonds. The molecule has 168 valence electrons. The van der Waals surface area contributed by atoms with Gasteiger partial charge in [0.05, 0.1) is 13.2 Å². The highest BCUT2D eigenvalue weighted by Crippen LogP contribution is 2.29. The van der Waals surface area contributed by atoms with E-state index < -0.39 is 0 Å². The zero-order valence-electron chi connectivity index (χ0n) is 19.3. The number of ether oxygens (including phenoxy) is 2. The third kappa shape index (κ3) is 5.88. The Balaban J connectivity index is 1.38. The second-order valence-electron chi connectivity index (χ2n) is 9.10. The molecule has 1 heterocycles. The molecule has 1 fully saturated rings. The molecule has 2 aromatic carbocycles. The molecule has 2 aliphatic rings. The Hall–Kier alpha value is -1.88. The molecule has 0 N–H and O–H groups in total. The number of methoxy groups -OCH3 is 1. The van der Waals surface area contributed by atoms with Crippen LogP contribution in [0.25, 0.3) is 0 Å². The standard InChI is InChI=1S/C27H38N2O2/c1-3-31-27-13-7-6-12-25(27)21-28(15-16-30-2)19-22-9-8-14-29(20-22)26-17-23-10-4-5-11-24(23)18-26/h4-7,10-13,22,26H,3,8-9,14-21H2,1-2H3/t22-/m0/s1. The maximum Gasteiger partial charge on any atom is 0.123 e. The normalized spacial score (nSPS) is 19.6. The molecule has 0 saturated carbocycles. The molecule has 1 saturated heterocycles. The lowest BCUT2D eigenvalue weighted by atomic mass is 9.95. The van der Waals surface area contributed by atoms with E-state index in [-0.39, 0.29) is 0 Å². The summed E-state index contributed by atoms with van der Waals surface area (Å²) in [7, 11) is 1.80. The summed E-state index contributed by atoms with van der Waals surface area (Å²) in [5, 5.41) is 0. The zero-order chi connectivity index (χ0) is 21.5. The molecule has 0 unspecified atom stereocenters. The van der Waals surface area contributed by atoms with Gasteiger partial charge in [-0.25, -0.2) is 0 Å². The van der Waals surface area contributed by atoms with Gasteiger partial charge in [0, 0.05) is 44.9 Å². The van der Waals surface area contributed by atoms with E-state index >= 15 is 0 Å². The number of para-hydroxylation sites is 1. The van der Waals surface area contributed by atoms with Gasteiger partial charge in [-0.2, -0.15) is 0 Å². The fraction of sp³-hybridized carbons (Fsp3) is 0.556. The van der Waals surface area contributed by atoms with Crippen molar-refractivity contribution in [2.75, 3.05) is 46.5 Å². The third-order valence-corrected chi connectivity index (χ3v) is 6.89. The van der Waals surface area contributed by atoms with E-state index in [1.54, 1.807) is 18.2 Å². The first-order chi connectivity index (χ1) is 15.3. The summed E-state index contributed by atoms with van der Waals surface area (Å²) >= 11 is 0. The number of piperidine rings is 1. The first kappa shape index (κ1) is 22.3. The summed E-state index contributed by atoms with van der Waals surface area (Å²) in [4.78, 5) is 5.34. The lowest BCUT2D eigenvalue weighted by molar-refractivity contribution is 0.0839. The van der Waals surface area contributed by atoms with E-state index in [2.05, 4.69) is 65.3 Å². The van der Waals surface area contributed by atoms with Crippen molar-refractivity contribution in [3.8, 4) is 5.75 Å². The van der Waals surface area contributed by atoms with E-state index in [4.69, 9.17) is 9.47 Å². The minimum Gasteiger partial charge on any atom is -0.494 e. The summed E-state index contributed by atoms with van der Waals surface area (Å²) in [6, 6.07) is 18.2. The second-order valence-corrected chi connectivity index (χ2v) is 9.10. The Morgan fingerprint density at radius 1 is 1.03 bits per heavy atom. The number of nitrogens with zero attached hydrogens (tertiary/aromatic N) is 2. The third-order valence-electron chi connectivity index (χ3n) is 6.89. The Kier molecular flexibility index (Phi) is 8.01. The largest absolute Gasteiger partial charge is 0.494 e. The van der Waals surface area contributed by atoms with Gasteiger partial charge in [0.1, 0.15) is 5.75 Å². The molecule has 4 rings (SSSR count). The fourth-order valence-corrected chi connectivity index (χ4v) is 5.36. The van der Waals surface area contributed by atoms with E-state index in [1.165, 1.54) is 44.3 Å². The predicted molar refractivity (Wildman–Crippen MR) is 127 cm³/mol. The maximum atomic E-state index is 5.88. The number of fused-ring (bicyclic) bond motifs is 1. The second kappa shape index (κ2) is 11.1. The Morgan fingerprint density at radius 3 is 2.52 bits per heavy atom. The molecular formula is C27H38N2O2. The van der Waals surface area contributed by atoms with Crippen LogP contribution in [0.2, 0.25) is 0 Å². The van der Waals surface area contributed by atoms with Crippen molar-refractivity contribution in [2.24, 2.45) is 5.92 Å². The highest BCUT2D eigenvalue weighted by atomic mass is 16.5. The van der Waals surface area contributed by atoms with Gasteiger partial charge >= 0.3 is 0 Å². The predicted octanol–water partition coefficient (Wildman–Crippen LogP) is 4.41. The molecule has 2 aromatic rings. The molecule has 0 spiro atoms. The number of benzene rings is 2. The summed E-state index contributed by atoms with van der Waals surface area (Å²) in [5.74, 6) is 1.73.